The topological polar surface area (TPSA) is 125 Å². The highest BCUT2D eigenvalue weighted by Crippen LogP contribution is 2.42. The predicted octanol–water partition coefficient (Wildman–Crippen LogP) is 5.30. The number of benzene rings is 3. The molecule has 2 amide bonds. The second-order valence-electron chi connectivity index (χ2n) is 13.3. The summed E-state index contributed by atoms with van der Waals surface area (Å²) in [6.45, 7) is 11.5. The molecule has 6 rings (SSSR count). The number of carbonyl (C=O) groups is 1. The Balaban J connectivity index is 1.01. The van der Waals surface area contributed by atoms with Gasteiger partial charge >= 0.3 is 6.03 Å². The second-order valence-corrected chi connectivity index (χ2v) is 13.3. The molecule has 0 unspecified atom stereocenters. The molecule has 2 saturated heterocycles. The maximum absolute atomic E-state index is 15.0. The smallest absolute Gasteiger partial charge is 0.343 e. The van der Waals surface area contributed by atoms with E-state index in [0.717, 1.165) is 54.4 Å². The number of hydrazine groups is 1. The number of nitrogens with zero attached hydrogens (tertiary/aromatic N) is 7. The zero-order valence-corrected chi connectivity index (χ0v) is 29.5. The Morgan fingerprint density at radius 2 is 1.75 bits per heavy atom. The SMILES string of the molecule is C=CN(C(=O)N(N)[C@@H](CC)[C@H](C)O)c1ccc(N2CCN(c3ccc(OC[C@@H]4CO[C@@](Cn5cncn5)(c5ccc(F)cc5F)C4)cc3)CC2)cc1. The second kappa shape index (κ2) is 16.1. The maximum Gasteiger partial charge on any atom is 0.343 e. The van der Waals surface area contributed by atoms with Crippen LogP contribution in [0.25, 0.3) is 0 Å². The Bertz CT molecular complexity index is 1790. The predicted molar refractivity (Wildman–Crippen MR) is 195 cm³/mol. The summed E-state index contributed by atoms with van der Waals surface area (Å²) in [5.41, 5.74) is 2.04. The number of amides is 2. The van der Waals surface area contributed by atoms with Gasteiger partial charge in [-0.3, -0.25) is 9.91 Å². The lowest BCUT2D eigenvalue weighted by Gasteiger charge is -2.37. The molecule has 0 saturated carbocycles. The van der Waals surface area contributed by atoms with Crippen LogP contribution in [-0.4, -0.2) is 82.4 Å². The van der Waals surface area contributed by atoms with E-state index in [2.05, 4.69) is 38.6 Å². The molecular weight excluding hydrogens is 670 g/mol. The molecule has 2 fully saturated rings. The number of aliphatic hydroxyl groups is 1. The molecule has 52 heavy (non-hydrogen) atoms. The number of carbonyl (C=O) groups excluding carboxylic acids is 1. The van der Waals surface area contributed by atoms with Crippen LogP contribution >= 0.6 is 0 Å². The number of halogens is 2. The first-order valence-corrected chi connectivity index (χ1v) is 17.5. The van der Waals surface area contributed by atoms with Gasteiger partial charge in [-0.05, 0) is 74.4 Å². The van der Waals surface area contributed by atoms with Gasteiger partial charge in [0.2, 0.25) is 0 Å². The average molecular weight is 717 g/mol. The van der Waals surface area contributed by atoms with E-state index in [4.69, 9.17) is 15.3 Å². The Labute approximate surface area is 302 Å². The van der Waals surface area contributed by atoms with E-state index in [9.17, 15) is 18.7 Å². The zero-order chi connectivity index (χ0) is 36.8. The largest absolute Gasteiger partial charge is 0.493 e. The van der Waals surface area contributed by atoms with E-state index < -0.39 is 35.4 Å². The van der Waals surface area contributed by atoms with E-state index in [1.807, 2.05) is 43.3 Å². The third kappa shape index (κ3) is 8.04. The van der Waals surface area contributed by atoms with Crippen LogP contribution in [0.15, 0.2) is 92.2 Å². The van der Waals surface area contributed by atoms with Crippen molar-refractivity contribution in [2.75, 3.05) is 54.1 Å². The van der Waals surface area contributed by atoms with Crippen molar-refractivity contribution in [2.24, 2.45) is 11.8 Å². The number of hydrogen-bond donors (Lipinski definition) is 2. The summed E-state index contributed by atoms with van der Waals surface area (Å²) in [7, 11) is 0. The molecule has 14 heteroatoms. The van der Waals surface area contributed by atoms with Crippen molar-refractivity contribution in [2.45, 2.75) is 51.0 Å². The molecule has 0 bridgehead atoms. The van der Waals surface area contributed by atoms with E-state index in [1.54, 1.807) is 17.9 Å². The number of hydrogen-bond acceptors (Lipinski definition) is 9. The summed E-state index contributed by atoms with van der Waals surface area (Å²) in [5, 5.41) is 15.3. The van der Waals surface area contributed by atoms with Crippen molar-refractivity contribution in [3.8, 4) is 5.75 Å². The summed E-state index contributed by atoms with van der Waals surface area (Å²) in [5.74, 6) is 5.50. The number of aliphatic hydroxyl groups excluding tert-OH is 1. The van der Waals surface area contributed by atoms with Gasteiger partial charge in [0.1, 0.15) is 35.6 Å². The molecule has 3 aromatic carbocycles. The van der Waals surface area contributed by atoms with Gasteiger partial charge in [-0.2, -0.15) is 5.10 Å². The van der Waals surface area contributed by atoms with E-state index in [0.29, 0.717) is 31.7 Å². The van der Waals surface area contributed by atoms with Crippen molar-refractivity contribution in [1.82, 2.24) is 19.8 Å². The van der Waals surface area contributed by atoms with E-state index >= 15 is 0 Å². The number of anilines is 3. The van der Waals surface area contributed by atoms with Crippen molar-refractivity contribution < 1.29 is 28.2 Å². The van der Waals surface area contributed by atoms with E-state index in [-0.39, 0.29) is 18.0 Å². The molecule has 1 aromatic heterocycles. The van der Waals surface area contributed by atoms with Crippen LogP contribution in [0.4, 0.5) is 30.6 Å². The Hall–Kier alpha value is -5.05. The molecule has 0 spiro atoms. The molecule has 0 aliphatic carbocycles. The van der Waals surface area contributed by atoms with Crippen LogP contribution in [0.1, 0.15) is 32.3 Å². The van der Waals surface area contributed by atoms with Gasteiger partial charge in [0.15, 0.2) is 0 Å². The van der Waals surface area contributed by atoms with Crippen LogP contribution in [0, 0.1) is 17.6 Å². The van der Waals surface area contributed by atoms with Crippen LogP contribution in [-0.2, 0) is 16.9 Å². The number of rotatable bonds is 13. The first-order valence-electron chi connectivity index (χ1n) is 17.5. The van der Waals surface area contributed by atoms with Crippen LogP contribution in [0.5, 0.6) is 5.75 Å². The van der Waals surface area contributed by atoms with Crippen molar-refractivity contribution in [3.63, 3.8) is 0 Å². The molecule has 4 atom stereocenters. The van der Waals surface area contributed by atoms with Crippen LogP contribution in [0.2, 0.25) is 0 Å². The molecule has 4 aromatic rings. The normalized spacial score (nSPS) is 20.0. The summed E-state index contributed by atoms with van der Waals surface area (Å²) in [4.78, 5) is 23.1. The molecule has 12 nitrogen and oxygen atoms in total. The highest BCUT2D eigenvalue weighted by Gasteiger charge is 2.44. The zero-order valence-electron chi connectivity index (χ0n) is 29.5. The highest BCUT2D eigenvalue weighted by molar-refractivity contribution is 5.93. The van der Waals surface area contributed by atoms with Crippen molar-refractivity contribution >= 4 is 23.1 Å². The van der Waals surface area contributed by atoms with Gasteiger partial charge in [-0.15, -0.1) is 0 Å². The Morgan fingerprint density at radius 1 is 1.10 bits per heavy atom. The lowest BCUT2D eigenvalue weighted by atomic mass is 9.87. The molecule has 0 radical (unpaired) electrons. The average Bonchev–Trinajstić information content (AvgIpc) is 3.82. The first-order chi connectivity index (χ1) is 25.1. The first kappa shape index (κ1) is 36.7. The fourth-order valence-electron chi connectivity index (χ4n) is 7.13. The standard InChI is InChI=1S/C38H46F2N8O4/c1-4-36(27(3)49)48(41)37(50)47(5-2)32-9-7-30(8-10-32)44-16-18-45(19-17-44)31-11-13-33(14-12-31)51-22-28-21-38(52-23-28,24-46-26-42-25-43-46)34-15-6-29(39)20-35(34)40/h5-15,20,25-28,36,49H,2,4,16-19,21-24,41H2,1,3H3/t27-,28+,36-,38-/m0/s1. The highest BCUT2D eigenvalue weighted by atomic mass is 19.1. The fourth-order valence-corrected chi connectivity index (χ4v) is 7.13. The minimum atomic E-state index is -1.02. The van der Waals surface area contributed by atoms with Crippen LogP contribution < -0.4 is 25.3 Å². The van der Waals surface area contributed by atoms with Gasteiger partial charge in [0.25, 0.3) is 0 Å². The molecule has 2 aliphatic rings. The molecule has 2 aliphatic heterocycles. The summed E-state index contributed by atoms with van der Waals surface area (Å²) >= 11 is 0. The fraction of sp³-hybridized carbons (Fsp3) is 0.395. The number of ether oxygens (including phenoxy) is 2. The van der Waals surface area contributed by atoms with Gasteiger partial charge in [-0.25, -0.2) is 29.1 Å². The van der Waals surface area contributed by atoms with Crippen molar-refractivity contribution in [1.29, 1.82) is 0 Å². The maximum atomic E-state index is 15.0. The molecular formula is C38H46F2N8O4. The molecule has 276 valence electrons. The lowest BCUT2D eigenvalue weighted by Crippen LogP contribution is -2.54. The van der Waals surface area contributed by atoms with Gasteiger partial charge in [0, 0.05) is 61.3 Å². The van der Waals surface area contributed by atoms with E-state index in [1.165, 1.54) is 29.6 Å². The quantitative estimate of drug-likeness (QED) is 0.108. The van der Waals surface area contributed by atoms with Crippen molar-refractivity contribution in [3.05, 3.63) is 109 Å². The minimum Gasteiger partial charge on any atom is -0.493 e. The molecule has 3 heterocycles. The number of aromatic nitrogens is 3. The summed E-state index contributed by atoms with van der Waals surface area (Å²) in [6.07, 6.45) is 4.62. The van der Waals surface area contributed by atoms with Gasteiger partial charge < -0.3 is 24.4 Å². The third-order valence-electron chi connectivity index (χ3n) is 9.92. The Kier molecular flexibility index (Phi) is 11.4. The number of urea groups is 1. The Morgan fingerprint density at radius 3 is 2.31 bits per heavy atom. The summed E-state index contributed by atoms with van der Waals surface area (Å²) in [6, 6.07) is 18.3. The summed E-state index contributed by atoms with van der Waals surface area (Å²) < 4.78 is 42.7. The van der Waals surface area contributed by atoms with Gasteiger partial charge in [-0.1, -0.05) is 19.6 Å². The van der Waals surface area contributed by atoms with Crippen LogP contribution in [0.3, 0.4) is 0 Å². The van der Waals surface area contributed by atoms with Gasteiger partial charge in [0.05, 0.1) is 37.6 Å². The minimum absolute atomic E-state index is 0.0195. The lowest BCUT2D eigenvalue weighted by molar-refractivity contribution is -0.0206. The number of piperazine rings is 1. The number of nitrogens with two attached hydrogens (primary N) is 1. The molecule has 3 N–H and O–H groups in total. The third-order valence-corrected chi connectivity index (χ3v) is 9.92. The monoisotopic (exact) mass is 716 g/mol.